The van der Waals surface area contributed by atoms with Crippen molar-refractivity contribution in [2.24, 2.45) is 0 Å². The summed E-state index contributed by atoms with van der Waals surface area (Å²) in [7, 11) is -3.10. The van der Waals surface area contributed by atoms with Crippen LogP contribution in [0.1, 0.15) is 25.3 Å². The van der Waals surface area contributed by atoms with Crippen LogP contribution in [0.2, 0.25) is 0 Å². The van der Waals surface area contributed by atoms with Gasteiger partial charge in [-0.3, -0.25) is 4.90 Å². The lowest BCUT2D eigenvalue weighted by molar-refractivity contribution is 0.244. The highest BCUT2D eigenvalue weighted by atomic mass is 32.2. The fraction of sp³-hybridized carbons (Fsp3) is 0.533. The normalized spacial score (nSPS) is 20.2. The van der Waals surface area contributed by atoms with Crippen LogP contribution in [0.4, 0.5) is 10.5 Å². The highest BCUT2D eigenvalue weighted by Crippen LogP contribution is 2.56. The van der Waals surface area contributed by atoms with Gasteiger partial charge in [0.1, 0.15) is 9.84 Å². The summed E-state index contributed by atoms with van der Waals surface area (Å²) in [5, 5.41) is 2.79. The van der Waals surface area contributed by atoms with Gasteiger partial charge < -0.3 is 5.32 Å². The van der Waals surface area contributed by atoms with E-state index in [1.54, 1.807) is 11.8 Å². The summed E-state index contributed by atoms with van der Waals surface area (Å²) in [5.41, 5.74) is 2.35. The third kappa shape index (κ3) is 2.77. The quantitative estimate of drug-likeness (QED) is 0.924. The first-order valence-electron chi connectivity index (χ1n) is 7.16. The number of fused-ring (bicyclic) bond motifs is 2. The molecule has 2 aliphatic rings. The Balaban J connectivity index is 1.75. The number of nitrogens with zero attached hydrogens (tertiary/aromatic N) is 1. The molecule has 1 heterocycles. The van der Waals surface area contributed by atoms with Gasteiger partial charge in [0, 0.05) is 29.9 Å². The minimum Gasteiger partial charge on any atom is -0.334 e. The Hall–Kier alpha value is -1.56. The molecule has 114 valence electrons. The first-order chi connectivity index (χ1) is 9.81. The van der Waals surface area contributed by atoms with Crippen molar-refractivity contribution >= 4 is 21.6 Å². The number of benzene rings is 1. The second-order valence-electron chi connectivity index (χ2n) is 6.33. The third-order valence-corrected chi connectivity index (χ3v) is 5.35. The molecule has 0 aromatic heterocycles. The summed E-state index contributed by atoms with van der Waals surface area (Å²) in [5.74, 6) is -0.0423. The Morgan fingerprint density at radius 3 is 2.67 bits per heavy atom. The Morgan fingerprint density at radius 2 is 2.05 bits per heavy atom. The van der Waals surface area contributed by atoms with E-state index < -0.39 is 15.9 Å². The topological polar surface area (TPSA) is 66.5 Å². The van der Waals surface area contributed by atoms with Crippen LogP contribution in [0.5, 0.6) is 0 Å². The van der Waals surface area contributed by atoms with Gasteiger partial charge in [0.15, 0.2) is 0 Å². The van der Waals surface area contributed by atoms with Gasteiger partial charge >= 0.3 is 6.03 Å². The molecule has 1 aromatic rings. The highest BCUT2D eigenvalue weighted by Gasteiger charge is 2.52. The van der Waals surface area contributed by atoms with Gasteiger partial charge in [0.05, 0.1) is 5.75 Å². The molecule has 1 aromatic carbocycles. The van der Waals surface area contributed by atoms with Crippen molar-refractivity contribution in [1.29, 1.82) is 0 Å². The van der Waals surface area contributed by atoms with Crippen LogP contribution >= 0.6 is 0 Å². The van der Waals surface area contributed by atoms with Gasteiger partial charge in [-0.1, -0.05) is 18.2 Å². The van der Waals surface area contributed by atoms with Gasteiger partial charge in [-0.2, -0.15) is 0 Å². The van der Waals surface area contributed by atoms with Gasteiger partial charge in [0.25, 0.3) is 0 Å². The van der Waals surface area contributed by atoms with Gasteiger partial charge in [-0.15, -0.1) is 0 Å². The van der Waals surface area contributed by atoms with E-state index in [1.807, 2.05) is 18.2 Å². The van der Waals surface area contributed by atoms with E-state index in [2.05, 4.69) is 11.4 Å². The number of carbonyl (C=O) groups is 1. The number of carbonyl (C=O) groups excluding carboxylic acids is 1. The van der Waals surface area contributed by atoms with Crippen molar-refractivity contribution < 1.29 is 13.2 Å². The third-order valence-electron chi connectivity index (χ3n) is 4.25. The zero-order valence-electron chi connectivity index (χ0n) is 12.3. The second-order valence-corrected chi connectivity index (χ2v) is 8.51. The average Bonchev–Trinajstić information content (AvgIpc) is 3.06. The van der Waals surface area contributed by atoms with E-state index in [4.69, 9.17) is 0 Å². The smallest absolute Gasteiger partial charge is 0.322 e. The van der Waals surface area contributed by atoms with Gasteiger partial charge in [-0.05, 0) is 31.4 Å². The zero-order valence-corrected chi connectivity index (χ0v) is 13.1. The molecule has 1 spiro atoms. The minimum absolute atomic E-state index is 0.0423. The molecular weight excluding hydrogens is 288 g/mol. The van der Waals surface area contributed by atoms with Gasteiger partial charge in [0.2, 0.25) is 0 Å². The predicted molar refractivity (Wildman–Crippen MR) is 82.4 cm³/mol. The molecule has 2 amide bonds. The summed E-state index contributed by atoms with van der Waals surface area (Å²) < 4.78 is 22.6. The minimum atomic E-state index is -3.10. The predicted octanol–water partition coefficient (Wildman–Crippen LogP) is 1.68. The Kier molecular flexibility index (Phi) is 3.24. The van der Waals surface area contributed by atoms with E-state index in [-0.39, 0.29) is 17.2 Å². The number of urea groups is 1. The highest BCUT2D eigenvalue weighted by molar-refractivity contribution is 7.90. The molecule has 3 rings (SSSR count). The number of sulfone groups is 1. The van der Waals surface area contributed by atoms with Gasteiger partial charge in [-0.25, -0.2) is 13.2 Å². The maximum atomic E-state index is 12.4. The van der Waals surface area contributed by atoms with Crippen molar-refractivity contribution in [1.82, 2.24) is 5.32 Å². The number of para-hydroxylation sites is 1. The molecule has 21 heavy (non-hydrogen) atoms. The van der Waals surface area contributed by atoms with Crippen molar-refractivity contribution in [2.45, 2.75) is 31.2 Å². The SMILES string of the molecule is CC(CS(C)(=O)=O)NC(=O)N1CC2(CC2)c2ccccc21. The van der Waals surface area contributed by atoms with E-state index in [1.165, 1.54) is 11.8 Å². The van der Waals surface area contributed by atoms with Crippen LogP contribution in [0, 0.1) is 0 Å². The molecule has 5 nitrogen and oxygen atoms in total. The second kappa shape index (κ2) is 4.73. The fourth-order valence-corrected chi connectivity index (χ4v) is 4.17. The van der Waals surface area contributed by atoms with E-state index in [0.29, 0.717) is 6.54 Å². The Labute approximate surface area is 125 Å². The first-order valence-corrected chi connectivity index (χ1v) is 9.22. The van der Waals surface area contributed by atoms with Crippen molar-refractivity contribution in [2.75, 3.05) is 23.5 Å². The Morgan fingerprint density at radius 1 is 1.38 bits per heavy atom. The molecular formula is C15H20N2O3S. The first kappa shape index (κ1) is 14.4. The summed E-state index contributed by atoms with van der Waals surface area (Å²) in [6.45, 7) is 2.41. The number of rotatable bonds is 3. The van der Waals surface area contributed by atoms with Crippen molar-refractivity contribution in [3.8, 4) is 0 Å². The Bertz CT molecular complexity index is 680. The van der Waals surface area contributed by atoms with Crippen molar-refractivity contribution in [3.05, 3.63) is 29.8 Å². The van der Waals surface area contributed by atoms with Crippen LogP contribution in [0.15, 0.2) is 24.3 Å². The number of hydrogen-bond donors (Lipinski definition) is 1. The maximum absolute atomic E-state index is 12.4. The van der Waals surface area contributed by atoms with E-state index in [9.17, 15) is 13.2 Å². The summed E-state index contributed by atoms with van der Waals surface area (Å²) in [6, 6.07) is 7.39. The molecule has 1 N–H and O–H groups in total. The average molecular weight is 308 g/mol. The van der Waals surface area contributed by atoms with Crippen LogP contribution in [-0.4, -0.2) is 39.0 Å². The molecule has 0 radical (unpaired) electrons. The lowest BCUT2D eigenvalue weighted by Crippen LogP contribution is -2.46. The molecule has 1 saturated carbocycles. The number of amides is 2. The van der Waals surface area contributed by atoms with Crippen LogP contribution in [0.3, 0.4) is 0 Å². The molecule has 1 aliphatic carbocycles. The standard InChI is InChI=1S/C15H20N2O3S/c1-11(9-21(2,19)20)16-14(18)17-10-15(7-8-15)12-5-3-4-6-13(12)17/h3-6,11H,7-10H2,1-2H3,(H,16,18). The molecule has 1 aliphatic heterocycles. The lowest BCUT2D eigenvalue weighted by Gasteiger charge is -2.21. The molecule has 6 heteroatoms. The summed E-state index contributed by atoms with van der Waals surface area (Å²) in [4.78, 5) is 14.2. The molecule has 1 unspecified atom stereocenters. The number of anilines is 1. The van der Waals surface area contributed by atoms with Crippen LogP contribution in [-0.2, 0) is 15.3 Å². The van der Waals surface area contributed by atoms with Crippen LogP contribution in [0.25, 0.3) is 0 Å². The van der Waals surface area contributed by atoms with E-state index >= 15 is 0 Å². The summed E-state index contributed by atoms with van der Waals surface area (Å²) in [6.07, 6.45) is 3.42. The number of nitrogens with one attached hydrogen (secondary N) is 1. The maximum Gasteiger partial charge on any atom is 0.322 e. The molecule has 0 saturated heterocycles. The summed E-state index contributed by atoms with van der Waals surface area (Å²) >= 11 is 0. The van der Waals surface area contributed by atoms with E-state index in [0.717, 1.165) is 18.5 Å². The lowest BCUT2D eigenvalue weighted by atomic mass is 9.99. The number of hydrogen-bond acceptors (Lipinski definition) is 3. The fourth-order valence-electron chi connectivity index (χ4n) is 3.17. The van der Waals surface area contributed by atoms with Crippen LogP contribution < -0.4 is 10.2 Å². The molecule has 1 atom stereocenters. The molecule has 1 fully saturated rings. The largest absolute Gasteiger partial charge is 0.334 e. The zero-order chi connectivity index (χ0) is 15.3. The van der Waals surface area contributed by atoms with Crippen molar-refractivity contribution in [3.63, 3.8) is 0 Å². The molecule has 0 bridgehead atoms. The monoisotopic (exact) mass is 308 g/mol.